The third kappa shape index (κ3) is 3.43. The molecule has 1 unspecified atom stereocenters. The number of amides is 1. The van der Waals surface area contributed by atoms with E-state index in [1.807, 2.05) is 30.0 Å². The van der Waals surface area contributed by atoms with Gasteiger partial charge in [0.1, 0.15) is 17.7 Å². The topological polar surface area (TPSA) is 75.1 Å². The van der Waals surface area contributed by atoms with Gasteiger partial charge in [-0.05, 0) is 41.8 Å². The lowest BCUT2D eigenvalue weighted by molar-refractivity contribution is 0.0714. The number of hydrogen-bond acceptors (Lipinski definition) is 6. The minimum absolute atomic E-state index is 0.147. The number of aryl methyl sites for hydroxylation is 1. The van der Waals surface area contributed by atoms with Crippen LogP contribution in [0.15, 0.2) is 24.3 Å². The smallest absolute Gasteiger partial charge is 0.256 e. The van der Waals surface area contributed by atoms with E-state index in [2.05, 4.69) is 0 Å². The van der Waals surface area contributed by atoms with E-state index in [1.54, 1.807) is 13.1 Å². The first-order chi connectivity index (χ1) is 15.0. The van der Waals surface area contributed by atoms with E-state index in [0.717, 1.165) is 16.7 Å². The third-order valence-corrected chi connectivity index (χ3v) is 6.48. The Kier molecular flexibility index (Phi) is 5.06. The second-order valence-corrected chi connectivity index (χ2v) is 8.51. The molecule has 5 rings (SSSR count). The number of pyridine rings is 1. The Balaban J connectivity index is 1.32. The number of aliphatic hydroxyl groups is 1. The molecule has 0 bridgehead atoms. The molecule has 0 saturated carbocycles. The molecule has 7 nitrogen and oxygen atoms in total. The van der Waals surface area contributed by atoms with Gasteiger partial charge in [-0.2, -0.15) is 0 Å². The Labute approximate surface area is 180 Å². The van der Waals surface area contributed by atoms with Crippen LogP contribution in [-0.2, 0) is 18.0 Å². The van der Waals surface area contributed by atoms with Crippen LogP contribution in [0.25, 0.3) is 0 Å². The van der Waals surface area contributed by atoms with Gasteiger partial charge >= 0.3 is 0 Å². The van der Waals surface area contributed by atoms with Gasteiger partial charge in [0.25, 0.3) is 5.91 Å². The molecular formula is C23H26FN3O4. The highest BCUT2D eigenvalue weighted by Crippen LogP contribution is 2.35. The first-order valence-electron chi connectivity index (χ1n) is 10.6. The Morgan fingerprint density at radius 2 is 2.10 bits per heavy atom. The van der Waals surface area contributed by atoms with Crippen LogP contribution in [0.4, 0.5) is 10.2 Å². The fourth-order valence-electron chi connectivity index (χ4n) is 4.69. The summed E-state index contributed by atoms with van der Waals surface area (Å²) >= 11 is 0. The number of anilines is 1. The largest absolute Gasteiger partial charge is 0.487 e. The second-order valence-electron chi connectivity index (χ2n) is 8.51. The van der Waals surface area contributed by atoms with Gasteiger partial charge in [0.05, 0.1) is 43.7 Å². The summed E-state index contributed by atoms with van der Waals surface area (Å²) in [5, 5.41) is 9.71. The van der Waals surface area contributed by atoms with Crippen molar-refractivity contribution in [3.63, 3.8) is 0 Å². The summed E-state index contributed by atoms with van der Waals surface area (Å²) in [6.45, 7) is 3.63. The minimum atomic E-state index is -1.18. The summed E-state index contributed by atoms with van der Waals surface area (Å²) in [6, 6.07) is 7.13. The fraction of sp³-hybridized carbons (Fsp3) is 0.478. The van der Waals surface area contributed by atoms with Crippen molar-refractivity contribution in [3.8, 4) is 5.75 Å². The highest BCUT2D eigenvalue weighted by atomic mass is 19.1. The average molecular weight is 427 g/mol. The molecule has 0 radical (unpaired) electrons. The number of aromatic nitrogens is 1. The van der Waals surface area contributed by atoms with Crippen molar-refractivity contribution >= 4 is 11.7 Å². The Morgan fingerprint density at radius 1 is 1.29 bits per heavy atom. The van der Waals surface area contributed by atoms with Crippen molar-refractivity contribution in [2.24, 2.45) is 0 Å². The predicted octanol–water partition coefficient (Wildman–Crippen LogP) is 2.54. The molecule has 31 heavy (non-hydrogen) atoms. The third-order valence-electron chi connectivity index (χ3n) is 6.48. The minimum Gasteiger partial charge on any atom is -0.487 e. The van der Waals surface area contributed by atoms with E-state index in [9.17, 15) is 9.90 Å². The summed E-state index contributed by atoms with van der Waals surface area (Å²) < 4.78 is 26.5. The average Bonchev–Trinajstić information content (AvgIpc) is 3.31. The first kappa shape index (κ1) is 20.2. The Bertz CT molecular complexity index is 1030. The molecule has 0 spiro atoms. The lowest BCUT2D eigenvalue weighted by atomic mass is 10.0. The summed E-state index contributed by atoms with van der Waals surface area (Å²) in [4.78, 5) is 20.5. The van der Waals surface area contributed by atoms with Gasteiger partial charge in [-0.15, -0.1) is 0 Å². The number of nitrogens with zero attached hydrogens (tertiary/aromatic N) is 3. The quantitative estimate of drug-likeness (QED) is 0.808. The van der Waals surface area contributed by atoms with Gasteiger partial charge in [0.15, 0.2) is 6.17 Å². The maximum absolute atomic E-state index is 15.1. The zero-order valence-corrected chi connectivity index (χ0v) is 17.7. The van der Waals surface area contributed by atoms with Gasteiger partial charge in [-0.25, -0.2) is 9.37 Å². The Morgan fingerprint density at radius 3 is 2.87 bits per heavy atom. The monoisotopic (exact) mass is 427 g/mol. The standard InChI is InChI=1S/C23H26FN3O4/c1-13-7-17-21(19(10-28)26(2)23(17)29)25-22(13)27-6-5-20(18(24)9-27)31-16-4-3-14-11-30-12-15(14)8-16/h3-4,7-8,18-20,28H,5-6,9-12H2,1-2H3/t18-,19?,20-/m1/s1. The summed E-state index contributed by atoms with van der Waals surface area (Å²) in [5.74, 6) is 1.19. The highest BCUT2D eigenvalue weighted by molar-refractivity contribution is 5.99. The van der Waals surface area contributed by atoms with Gasteiger partial charge in [0, 0.05) is 20.0 Å². The molecule has 1 fully saturated rings. The lowest BCUT2D eigenvalue weighted by Gasteiger charge is -2.36. The maximum Gasteiger partial charge on any atom is 0.256 e. The summed E-state index contributed by atoms with van der Waals surface area (Å²) in [5.41, 5.74) is 4.15. The normalized spacial score (nSPS) is 25.0. The van der Waals surface area contributed by atoms with Crippen LogP contribution >= 0.6 is 0 Å². The van der Waals surface area contributed by atoms with E-state index in [0.29, 0.717) is 49.0 Å². The zero-order chi connectivity index (χ0) is 21.7. The molecule has 0 aliphatic carbocycles. The molecular weight excluding hydrogens is 401 g/mol. The van der Waals surface area contributed by atoms with Gasteiger partial charge < -0.3 is 24.4 Å². The number of fused-ring (bicyclic) bond motifs is 2. The van der Waals surface area contributed by atoms with Crippen LogP contribution in [-0.4, -0.2) is 59.9 Å². The predicted molar refractivity (Wildman–Crippen MR) is 112 cm³/mol. The molecule has 4 heterocycles. The number of halogens is 1. The van der Waals surface area contributed by atoms with Crippen LogP contribution in [0.2, 0.25) is 0 Å². The van der Waals surface area contributed by atoms with E-state index in [4.69, 9.17) is 14.5 Å². The van der Waals surface area contributed by atoms with Gasteiger partial charge in [-0.3, -0.25) is 4.79 Å². The van der Waals surface area contributed by atoms with Crippen molar-refractivity contribution in [1.82, 2.24) is 9.88 Å². The van der Waals surface area contributed by atoms with E-state index < -0.39 is 18.3 Å². The van der Waals surface area contributed by atoms with E-state index in [-0.39, 0.29) is 19.1 Å². The molecule has 3 aliphatic heterocycles. The molecule has 1 aromatic carbocycles. The van der Waals surface area contributed by atoms with Crippen molar-refractivity contribution in [3.05, 3.63) is 52.2 Å². The van der Waals surface area contributed by atoms with Gasteiger partial charge in [0.2, 0.25) is 0 Å². The Hall–Kier alpha value is -2.71. The number of benzene rings is 1. The summed E-state index contributed by atoms with van der Waals surface area (Å²) in [7, 11) is 1.66. The van der Waals surface area contributed by atoms with Gasteiger partial charge in [-0.1, -0.05) is 6.07 Å². The second kappa shape index (κ2) is 7.76. The van der Waals surface area contributed by atoms with Crippen LogP contribution in [0.5, 0.6) is 5.75 Å². The molecule has 1 N–H and O–H groups in total. The van der Waals surface area contributed by atoms with Crippen molar-refractivity contribution in [2.45, 2.75) is 44.9 Å². The van der Waals surface area contributed by atoms with Crippen molar-refractivity contribution in [2.75, 3.05) is 31.6 Å². The number of carbonyl (C=O) groups is 1. The van der Waals surface area contributed by atoms with Crippen LogP contribution in [0.1, 0.15) is 45.2 Å². The molecule has 1 aromatic heterocycles. The number of piperidine rings is 1. The van der Waals surface area contributed by atoms with E-state index in [1.165, 1.54) is 4.90 Å². The molecule has 2 aromatic rings. The van der Waals surface area contributed by atoms with Crippen LogP contribution < -0.4 is 9.64 Å². The number of likely N-dealkylation sites (N-methyl/N-ethyl adjacent to an activating group) is 1. The zero-order valence-electron chi connectivity index (χ0n) is 17.7. The molecule has 164 valence electrons. The molecule has 8 heteroatoms. The van der Waals surface area contributed by atoms with E-state index >= 15 is 4.39 Å². The lowest BCUT2D eigenvalue weighted by Crippen LogP contribution is -2.47. The first-order valence-corrected chi connectivity index (χ1v) is 10.6. The summed E-state index contributed by atoms with van der Waals surface area (Å²) in [6.07, 6.45) is -1.18. The number of carbonyl (C=O) groups excluding carboxylic acids is 1. The molecule has 1 amide bonds. The van der Waals surface area contributed by atoms with Crippen molar-refractivity contribution in [1.29, 1.82) is 0 Å². The van der Waals surface area contributed by atoms with Crippen molar-refractivity contribution < 1.29 is 23.8 Å². The number of ether oxygens (including phenoxy) is 2. The number of rotatable bonds is 4. The molecule has 3 aliphatic rings. The molecule has 3 atom stereocenters. The number of hydrogen-bond donors (Lipinski definition) is 1. The SMILES string of the molecule is Cc1cc2c(nc1N1CC[C@@H](Oc3ccc4c(c3)COC4)[C@H](F)C1)C(CO)N(C)C2=O. The fourth-order valence-corrected chi connectivity index (χ4v) is 4.69. The molecule has 1 saturated heterocycles. The highest BCUT2D eigenvalue weighted by Gasteiger charge is 2.38. The van der Waals surface area contributed by atoms with Crippen LogP contribution in [0.3, 0.4) is 0 Å². The number of aliphatic hydroxyl groups excluding tert-OH is 1. The maximum atomic E-state index is 15.1. The van der Waals surface area contributed by atoms with Crippen LogP contribution in [0, 0.1) is 6.92 Å². The number of alkyl halides is 1.